The van der Waals surface area contributed by atoms with Gasteiger partial charge in [0.1, 0.15) is 0 Å². The van der Waals surface area contributed by atoms with Crippen LogP contribution in [-0.4, -0.2) is 25.3 Å². The number of nitrogens with one attached hydrogen (secondary N) is 2. The predicted molar refractivity (Wildman–Crippen MR) is 81.2 cm³/mol. The Balaban J connectivity index is 1.64. The highest BCUT2D eigenvalue weighted by atomic mass is 32.1. The lowest BCUT2D eigenvalue weighted by atomic mass is 9.86. The van der Waals surface area contributed by atoms with E-state index in [0.717, 1.165) is 32.4 Å². The average molecular weight is 310 g/mol. The number of carbonyl (C=O) groups excluding carboxylic acids is 1. The number of hydrogen-bond donors (Lipinski definition) is 2. The van der Waals surface area contributed by atoms with Crippen molar-refractivity contribution in [2.24, 2.45) is 0 Å². The molecule has 3 heterocycles. The second-order valence-electron chi connectivity index (χ2n) is 6.30. The molecule has 1 saturated heterocycles. The molecule has 2 aliphatic heterocycles. The number of thiophene rings is 1. The number of fused-ring (bicyclic) bond motifs is 1. The number of ether oxygens (including phenoxy) is 1. The van der Waals surface area contributed by atoms with E-state index >= 15 is 0 Å². The molecule has 1 fully saturated rings. The third kappa shape index (κ3) is 3.29. The van der Waals surface area contributed by atoms with Crippen LogP contribution in [0, 0.1) is 0 Å². The number of hydrogen-bond acceptors (Lipinski definition) is 5. The van der Waals surface area contributed by atoms with E-state index in [9.17, 15) is 4.79 Å². The molecule has 2 aliphatic rings. The molecule has 0 bridgehead atoms. The summed E-state index contributed by atoms with van der Waals surface area (Å²) in [6.07, 6.45) is 2.66. The maximum atomic E-state index is 12.2. The third-order valence-corrected chi connectivity index (χ3v) is 5.49. The summed E-state index contributed by atoms with van der Waals surface area (Å²) in [6.45, 7) is 6.86. The highest BCUT2D eigenvalue weighted by molar-refractivity contribution is 7.14. The molecule has 21 heavy (non-hydrogen) atoms. The molecule has 1 amide bonds. The summed E-state index contributed by atoms with van der Waals surface area (Å²) >= 11 is 1.56. The van der Waals surface area contributed by atoms with E-state index in [2.05, 4.69) is 24.6 Å². The van der Waals surface area contributed by atoms with Gasteiger partial charge in [-0.15, -0.1) is 11.3 Å². The first kappa shape index (κ1) is 15.0. The van der Waals surface area contributed by atoms with Crippen LogP contribution in [0.4, 0.5) is 0 Å². The molecule has 0 radical (unpaired) electrons. The molecule has 1 aromatic rings. The molecule has 5 nitrogen and oxygen atoms in total. The molecule has 0 aromatic carbocycles. The molecule has 116 valence electrons. The Hall–Kier alpha value is -0.950. The number of rotatable bonds is 3. The van der Waals surface area contributed by atoms with Crippen molar-refractivity contribution in [3.05, 3.63) is 21.4 Å². The number of carbonyl (C=O) groups is 1. The Morgan fingerprint density at radius 1 is 1.52 bits per heavy atom. The predicted octanol–water partition coefficient (Wildman–Crippen LogP) is 2.32. The van der Waals surface area contributed by atoms with Crippen LogP contribution in [0.2, 0.25) is 0 Å². The first-order chi connectivity index (χ1) is 10.1. The molecule has 2 N–H and O–H groups in total. The summed E-state index contributed by atoms with van der Waals surface area (Å²) in [5, 5.41) is 3.39. The largest absolute Gasteiger partial charge is 0.350 e. The molecular weight excluding hydrogens is 288 g/mol. The van der Waals surface area contributed by atoms with Crippen molar-refractivity contribution >= 4 is 17.2 Å². The number of hydroxylamine groups is 1. The fourth-order valence-electron chi connectivity index (χ4n) is 2.81. The van der Waals surface area contributed by atoms with Crippen molar-refractivity contribution in [2.45, 2.75) is 51.4 Å². The van der Waals surface area contributed by atoms with E-state index in [1.807, 2.05) is 6.07 Å². The molecule has 1 unspecified atom stereocenters. The monoisotopic (exact) mass is 310 g/mol. The zero-order valence-electron chi connectivity index (χ0n) is 12.5. The van der Waals surface area contributed by atoms with Gasteiger partial charge in [0.25, 0.3) is 5.91 Å². The summed E-state index contributed by atoms with van der Waals surface area (Å²) in [7, 11) is 0. The van der Waals surface area contributed by atoms with Crippen LogP contribution in [-0.2, 0) is 21.5 Å². The van der Waals surface area contributed by atoms with Crippen LogP contribution < -0.4 is 10.8 Å². The van der Waals surface area contributed by atoms with Gasteiger partial charge in [-0.05, 0) is 24.5 Å². The van der Waals surface area contributed by atoms with Crippen LogP contribution in [0.1, 0.15) is 53.2 Å². The summed E-state index contributed by atoms with van der Waals surface area (Å²) < 4.78 is 5.44. The van der Waals surface area contributed by atoms with Gasteiger partial charge >= 0.3 is 0 Å². The van der Waals surface area contributed by atoms with Gasteiger partial charge < -0.3 is 10.1 Å². The topological polar surface area (TPSA) is 59.6 Å². The minimum absolute atomic E-state index is 0.0735. The van der Waals surface area contributed by atoms with Crippen LogP contribution in [0.15, 0.2) is 6.07 Å². The van der Waals surface area contributed by atoms with Gasteiger partial charge in [0.15, 0.2) is 6.29 Å². The van der Waals surface area contributed by atoms with Crippen molar-refractivity contribution < 1.29 is 14.4 Å². The van der Waals surface area contributed by atoms with E-state index in [1.54, 1.807) is 11.3 Å². The van der Waals surface area contributed by atoms with E-state index in [4.69, 9.17) is 9.57 Å². The van der Waals surface area contributed by atoms with Crippen LogP contribution in [0.5, 0.6) is 0 Å². The standard InChI is InChI=1S/C15H22N2O3S/c1-15(2)9-16-8-10-7-11(21-13(10)15)14(18)17-20-12-5-3-4-6-19-12/h7,12,16H,3-6,8-9H2,1-2H3,(H,17,18). The Kier molecular flexibility index (Phi) is 4.31. The fourth-order valence-corrected chi connectivity index (χ4v) is 3.97. The van der Waals surface area contributed by atoms with Crippen LogP contribution >= 0.6 is 11.3 Å². The Labute approximate surface area is 129 Å². The van der Waals surface area contributed by atoms with Crippen LogP contribution in [0.25, 0.3) is 0 Å². The zero-order chi connectivity index (χ0) is 14.9. The number of amides is 1. The summed E-state index contributed by atoms with van der Waals surface area (Å²) in [6, 6.07) is 1.97. The Morgan fingerprint density at radius 3 is 3.10 bits per heavy atom. The van der Waals surface area contributed by atoms with Gasteiger partial charge in [0.05, 0.1) is 4.88 Å². The molecule has 1 aromatic heterocycles. The summed E-state index contributed by atoms with van der Waals surface area (Å²) in [4.78, 5) is 19.6. The molecule has 0 saturated carbocycles. The van der Waals surface area contributed by atoms with Gasteiger partial charge in [-0.25, -0.2) is 10.3 Å². The molecule has 1 atom stereocenters. The normalized spacial score (nSPS) is 24.4. The van der Waals surface area contributed by atoms with E-state index in [1.165, 1.54) is 10.4 Å². The highest BCUT2D eigenvalue weighted by Gasteiger charge is 2.30. The van der Waals surface area contributed by atoms with Crippen molar-refractivity contribution in [2.75, 3.05) is 13.2 Å². The maximum absolute atomic E-state index is 12.2. The van der Waals surface area contributed by atoms with Gasteiger partial charge in [-0.3, -0.25) is 4.79 Å². The lowest BCUT2D eigenvalue weighted by Gasteiger charge is -2.30. The van der Waals surface area contributed by atoms with Gasteiger partial charge in [-0.2, -0.15) is 0 Å². The van der Waals surface area contributed by atoms with Crippen molar-refractivity contribution in [3.63, 3.8) is 0 Å². The Bertz CT molecular complexity index is 521. The maximum Gasteiger partial charge on any atom is 0.285 e. The van der Waals surface area contributed by atoms with E-state index in [-0.39, 0.29) is 17.6 Å². The van der Waals surface area contributed by atoms with Gasteiger partial charge in [0, 0.05) is 36.4 Å². The first-order valence-electron chi connectivity index (χ1n) is 7.48. The lowest BCUT2D eigenvalue weighted by molar-refractivity contribution is -0.186. The summed E-state index contributed by atoms with van der Waals surface area (Å²) in [5.74, 6) is -0.181. The quantitative estimate of drug-likeness (QED) is 0.841. The SMILES string of the molecule is CC1(C)CNCc2cc(C(=O)NOC3CCCCO3)sc21. The lowest BCUT2D eigenvalue weighted by Crippen LogP contribution is -2.37. The minimum atomic E-state index is -0.310. The smallest absolute Gasteiger partial charge is 0.285 e. The second-order valence-corrected chi connectivity index (χ2v) is 7.35. The van der Waals surface area contributed by atoms with Crippen molar-refractivity contribution in [3.8, 4) is 0 Å². The minimum Gasteiger partial charge on any atom is -0.350 e. The van der Waals surface area contributed by atoms with Crippen molar-refractivity contribution in [1.82, 2.24) is 10.8 Å². The molecule has 6 heteroatoms. The highest BCUT2D eigenvalue weighted by Crippen LogP contribution is 2.36. The molecular formula is C15H22N2O3S. The van der Waals surface area contributed by atoms with Gasteiger partial charge in [-0.1, -0.05) is 13.8 Å². The molecule has 0 aliphatic carbocycles. The third-order valence-electron chi connectivity index (χ3n) is 3.95. The zero-order valence-corrected chi connectivity index (χ0v) is 13.3. The Morgan fingerprint density at radius 2 is 2.38 bits per heavy atom. The molecule has 3 rings (SSSR count). The average Bonchev–Trinajstić information content (AvgIpc) is 2.91. The first-order valence-corrected chi connectivity index (χ1v) is 8.29. The van der Waals surface area contributed by atoms with Gasteiger partial charge in [0.2, 0.25) is 0 Å². The van der Waals surface area contributed by atoms with Crippen molar-refractivity contribution in [1.29, 1.82) is 0 Å². The van der Waals surface area contributed by atoms with E-state index < -0.39 is 0 Å². The summed E-state index contributed by atoms with van der Waals surface area (Å²) in [5.41, 5.74) is 3.82. The molecule has 0 spiro atoms. The van der Waals surface area contributed by atoms with E-state index in [0.29, 0.717) is 11.5 Å². The second kappa shape index (κ2) is 6.04. The van der Waals surface area contributed by atoms with Crippen LogP contribution in [0.3, 0.4) is 0 Å². The fraction of sp³-hybridized carbons (Fsp3) is 0.667.